The summed E-state index contributed by atoms with van der Waals surface area (Å²) >= 11 is 0. The molecule has 1 atom stereocenters. The number of benzene rings is 2. The van der Waals surface area contributed by atoms with E-state index in [2.05, 4.69) is 13.8 Å². The molecule has 36 heavy (non-hydrogen) atoms. The first-order valence-corrected chi connectivity index (χ1v) is 12.4. The van der Waals surface area contributed by atoms with Gasteiger partial charge in [-0.15, -0.1) is 0 Å². The molecule has 1 aliphatic heterocycles. The Morgan fingerprint density at radius 2 is 1.67 bits per heavy atom. The normalized spacial score (nSPS) is 16.0. The molecule has 1 fully saturated rings. The van der Waals surface area contributed by atoms with Gasteiger partial charge in [-0.05, 0) is 53.1 Å². The summed E-state index contributed by atoms with van der Waals surface area (Å²) < 4.78 is 10.7. The lowest BCUT2D eigenvalue weighted by molar-refractivity contribution is -0.139. The van der Waals surface area contributed by atoms with Crippen LogP contribution in [-0.4, -0.2) is 49.4 Å². The summed E-state index contributed by atoms with van der Waals surface area (Å²) in [6.45, 7) is 10.5. The molecule has 194 valence electrons. The number of ether oxygens (including phenoxy) is 2. The van der Waals surface area contributed by atoms with Gasteiger partial charge in [-0.1, -0.05) is 52.8 Å². The Bertz CT molecular complexity index is 1100. The van der Waals surface area contributed by atoms with Gasteiger partial charge in [0.2, 0.25) is 11.8 Å². The Morgan fingerprint density at radius 1 is 1.03 bits per heavy atom. The van der Waals surface area contributed by atoms with Crippen LogP contribution in [0.25, 0.3) is 0 Å². The van der Waals surface area contributed by atoms with E-state index >= 15 is 0 Å². The van der Waals surface area contributed by atoms with Crippen molar-refractivity contribution >= 4 is 23.4 Å². The molecular weight excluding hydrogens is 456 g/mol. The molecule has 0 bridgehead atoms. The maximum absolute atomic E-state index is 13.5. The minimum atomic E-state index is -0.822. The summed E-state index contributed by atoms with van der Waals surface area (Å²) in [4.78, 5) is 42.7. The lowest BCUT2D eigenvalue weighted by Gasteiger charge is -2.30. The lowest BCUT2D eigenvalue weighted by atomic mass is 9.91. The SMILES string of the molecule is COc1ccc(CCN(C(=O)CC(C)(C)C)C2CC(=O)N(c3ccc(C(C)C)cc3)C2=O)cc1OC. The zero-order valence-electron chi connectivity index (χ0n) is 22.5. The van der Waals surface area contributed by atoms with Gasteiger partial charge in [-0.3, -0.25) is 14.4 Å². The lowest BCUT2D eigenvalue weighted by Crippen LogP contribution is -2.47. The molecule has 2 aromatic rings. The van der Waals surface area contributed by atoms with Gasteiger partial charge in [0.05, 0.1) is 26.3 Å². The monoisotopic (exact) mass is 494 g/mol. The van der Waals surface area contributed by atoms with E-state index in [1.54, 1.807) is 31.3 Å². The average Bonchev–Trinajstić information content (AvgIpc) is 3.11. The highest BCUT2D eigenvalue weighted by molar-refractivity contribution is 6.23. The molecule has 1 unspecified atom stereocenters. The molecule has 1 saturated heterocycles. The van der Waals surface area contributed by atoms with Gasteiger partial charge >= 0.3 is 0 Å². The van der Waals surface area contributed by atoms with E-state index in [4.69, 9.17) is 9.47 Å². The van der Waals surface area contributed by atoms with Crippen LogP contribution >= 0.6 is 0 Å². The Balaban J connectivity index is 1.86. The first-order valence-electron chi connectivity index (χ1n) is 12.4. The first-order chi connectivity index (χ1) is 16.9. The molecule has 7 nitrogen and oxygen atoms in total. The first kappa shape index (κ1) is 27.2. The van der Waals surface area contributed by atoms with Crippen molar-refractivity contribution in [2.45, 2.75) is 65.8 Å². The van der Waals surface area contributed by atoms with Crippen LogP contribution in [0.15, 0.2) is 42.5 Å². The van der Waals surface area contributed by atoms with Crippen molar-refractivity contribution in [3.63, 3.8) is 0 Å². The topological polar surface area (TPSA) is 76.2 Å². The van der Waals surface area contributed by atoms with E-state index in [1.807, 2.05) is 51.1 Å². The predicted octanol–water partition coefficient (Wildman–Crippen LogP) is 4.97. The van der Waals surface area contributed by atoms with Crippen molar-refractivity contribution in [1.82, 2.24) is 4.90 Å². The molecule has 1 heterocycles. The Hall–Kier alpha value is -3.35. The highest BCUT2D eigenvalue weighted by atomic mass is 16.5. The molecule has 0 aromatic heterocycles. The molecular formula is C29H38N2O5. The standard InChI is InChI=1S/C29H38N2O5/c1-19(2)21-9-11-22(12-10-21)31-26(32)17-23(28(31)34)30(27(33)18-29(3,4)5)15-14-20-8-13-24(35-6)25(16-20)36-7/h8-13,16,19,23H,14-15,17-18H2,1-7H3. The third-order valence-corrected chi connectivity index (χ3v) is 6.41. The van der Waals surface area contributed by atoms with Crippen molar-refractivity contribution in [3.8, 4) is 11.5 Å². The van der Waals surface area contributed by atoms with Gasteiger partial charge < -0.3 is 14.4 Å². The molecule has 0 saturated carbocycles. The third-order valence-electron chi connectivity index (χ3n) is 6.41. The number of methoxy groups -OCH3 is 2. The fourth-order valence-electron chi connectivity index (χ4n) is 4.43. The minimum absolute atomic E-state index is 0.0212. The smallest absolute Gasteiger partial charge is 0.257 e. The van der Waals surface area contributed by atoms with Crippen LogP contribution in [0.5, 0.6) is 11.5 Å². The van der Waals surface area contributed by atoms with Crippen molar-refractivity contribution < 1.29 is 23.9 Å². The van der Waals surface area contributed by atoms with Crippen molar-refractivity contribution in [2.75, 3.05) is 25.7 Å². The van der Waals surface area contributed by atoms with E-state index in [0.717, 1.165) is 11.1 Å². The fraction of sp³-hybridized carbons (Fsp3) is 0.483. The molecule has 0 aliphatic carbocycles. The highest BCUT2D eigenvalue weighted by Gasteiger charge is 2.44. The molecule has 0 spiro atoms. The summed E-state index contributed by atoms with van der Waals surface area (Å²) in [5.74, 6) is 0.794. The van der Waals surface area contributed by atoms with Crippen molar-refractivity contribution in [3.05, 3.63) is 53.6 Å². The van der Waals surface area contributed by atoms with Gasteiger partial charge in [0.15, 0.2) is 11.5 Å². The zero-order valence-corrected chi connectivity index (χ0v) is 22.5. The molecule has 0 radical (unpaired) electrons. The van der Waals surface area contributed by atoms with Crippen LogP contribution in [-0.2, 0) is 20.8 Å². The zero-order chi connectivity index (χ0) is 26.6. The summed E-state index contributed by atoms with van der Waals surface area (Å²) in [7, 11) is 3.15. The maximum Gasteiger partial charge on any atom is 0.257 e. The maximum atomic E-state index is 13.5. The quantitative estimate of drug-likeness (QED) is 0.460. The average molecular weight is 495 g/mol. The number of hydrogen-bond acceptors (Lipinski definition) is 5. The second-order valence-corrected chi connectivity index (χ2v) is 10.8. The second-order valence-electron chi connectivity index (χ2n) is 10.8. The Labute approximate surface area is 214 Å². The van der Waals surface area contributed by atoms with Crippen LogP contribution in [0.3, 0.4) is 0 Å². The summed E-state index contributed by atoms with van der Waals surface area (Å²) in [5.41, 5.74) is 2.36. The number of carbonyl (C=O) groups is 3. The Kier molecular flexibility index (Phi) is 8.43. The van der Waals surface area contributed by atoms with Gasteiger partial charge in [-0.25, -0.2) is 4.90 Å². The minimum Gasteiger partial charge on any atom is -0.493 e. The van der Waals surface area contributed by atoms with E-state index in [-0.39, 0.29) is 36.0 Å². The summed E-state index contributed by atoms with van der Waals surface area (Å²) in [6.07, 6.45) is 0.768. The van der Waals surface area contributed by atoms with Crippen molar-refractivity contribution in [2.24, 2.45) is 5.41 Å². The van der Waals surface area contributed by atoms with Crippen LogP contribution in [0, 0.1) is 5.41 Å². The van der Waals surface area contributed by atoms with E-state index < -0.39 is 6.04 Å². The van der Waals surface area contributed by atoms with Gasteiger partial charge in [0.1, 0.15) is 6.04 Å². The van der Waals surface area contributed by atoms with Crippen LogP contribution < -0.4 is 14.4 Å². The summed E-state index contributed by atoms with van der Waals surface area (Å²) in [5, 5.41) is 0. The van der Waals surface area contributed by atoms with Gasteiger partial charge in [-0.2, -0.15) is 0 Å². The number of hydrogen-bond donors (Lipinski definition) is 0. The van der Waals surface area contributed by atoms with Crippen LogP contribution in [0.4, 0.5) is 5.69 Å². The van der Waals surface area contributed by atoms with Gasteiger partial charge in [0, 0.05) is 13.0 Å². The molecule has 1 aliphatic rings. The predicted molar refractivity (Wildman–Crippen MR) is 140 cm³/mol. The third kappa shape index (κ3) is 6.25. The van der Waals surface area contributed by atoms with Crippen molar-refractivity contribution in [1.29, 1.82) is 0 Å². The van der Waals surface area contributed by atoms with E-state index in [9.17, 15) is 14.4 Å². The largest absolute Gasteiger partial charge is 0.493 e. The molecule has 0 N–H and O–H groups in total. The number of nitrogens with zero attached hydrogens (tertiary/aromatic N) is 2. The Morgan fingerprint density at radius 3 is 2.22 bits per heavy atom. The van der Waals surface area contributed by atoms with E-state index in [1.165, 1.54) is 4.90 Å². The second kappa shape index (κ2) is 11.1. The number of carbonyl (C=O) groups excluding carboxylic acids is 3. The number of rotatable bonds is 9. The van der Waals surface area contributed by atoms with E-state index in [0.29, 0.717) is 36.1 Å². The highest BCUT2D eigenvalue weighted by Crippen LogP contribution is 2.31. The molecule has 2 aromatic carbocycles. The number of imide groups is 1. The number of anilines is 1. The molecule has 7 heteroatoms. The van der Waals surface area contributed by atoms with Crippen LogP contribution in [0.2, 0.25) is 0 Å². The summed E-state index contributed by atoms with van der Waals surface area (Å²) in [6, 6.07) is 12.3. The molecule has 3 rings (SSSR count). The number of amides is 3. The fourth-order valence-corrected chi connectivity index (χ4v) is 4.43. The molecule has 3 amide bonds. The van der Waals surface area contributed by atoms with Gasteiger partial charge in [0.25, 0.3) is 5.91 Å². The van der Waals surface area contributed by atoms with Crippen LogP contribution in [0.1, 0.15) is 64.5 Å².